The van der Waals surface area contributed by atoms with Crippen LogP contribution in [0.2, 0.25) is 0 Å². The highest BCUT2D eigenvalue weighted by Gasteiger charge is 2.13. The molecule has 0 aromatic carbocycles. The molecule has 31 heavy (non-hydrogen) atoms. The van der Waals surface area contributed by atoms with Gasteiger partial charge in [0.15, 0.2) is 6.61 Å². The van der Waals surface area contributed by atoms with Gasteiger partial charge in [0.2, 0.25) is 5.88 Å². The van der Waals surface area contributed by atoms with E-state index >= 15 is 0 Å². The van der Waals surface area contributed by atoms with Crippen molar-refractivity contribution in [2.24, 2.45) is 0 Å². The summed E-state index contributed by atoms with van der Waals surface area (Å²) < 4.78 is 31.4. The van der Waals surface area contributed by atoms with Crippen LogP contribution in [-0.4, -0.2) is 43.7 Å². The van der Waals surface area contributed by atoms with Crippen molar-refractivity contribution in [3.63, 3.8) is 0 Å². The van der Waals surface area contributed by atoms with Gasteiger partial charge in [0.05, 0.1) is 23.0 Å². The lowest BCUT2D eigenvalue weighted by atomic mass is 10.2. The zero-order valence-electron chi connectivity index (χ0n) is 16.5. The molecule has 1 amide bonds. The van der Waals surface area contributed by atoms with Gasteiger partial charge < -0.3 is 10.1 Å². The van der Waals surface area contributed by atoms with Gasteiger partial charge in [-0.3, -0.25) is 14.5 Å². The number of pyridine rings is 3. The number of rotatable bonds is 7. The first-order valence-electron chi connectivity index (χ1n) is 9.39. The van der Waals surface area contributed by atoms with Crippen LogP contribution < -0.4 is 10.1 Å². The molecule has 0 aliphatic carbocycles. The van der Waals surface area contributed by atoms with Crippen molar-refractivity contribution >= 4 is 22.6 Å². The minimum atomic E-state index is -2.56. The molecule has 0 saturated carbocycles. The van der Waals surface area contributed by atoms with Gasteiger partial charge in [0.25, 0.3) is 12.3 Å². The Kier molecular flexibility index (Phi) is 5.78. The van der Waals surface area contributed by atoms with E-state index in [1.807, 2.05) is 6.07 Å². The molecule has 4 aromatic heterocycles. The van der Waals surface area contributed by atoms with E-state index in [9.17, 15) is 13.6 Å². The van der Waals surface area contributed by atoms with E-state index in [0.717, 1.165) is 5.56 Å². The van der Waals surface area contributed by atoms with E-state index in [4.69, 9.17) is 4.74 Å². The Morgan fingerprint density at radius 3 is 2.84 bits per heavy atom. The van der Waals surface area contributed by atoms with E-state index < -0.39 is 13.0 Å². The third-order valence-electron chi connectivity index (χ3n) is 4.41. The van der Waals surface area contributed by atoms with E-state index in [1.54, 1.807) is 54.6 Å². The maximum absolute atomic E-state index is 12.4. The number of fused-ring (bicyclic) bond motifs is 1. The molecule has 10 heteroatoms. The normalized spacial score (nSPS) is 11.1. The summed E-state index contributed by atoms with van der Waals surface area (Å²) in [5.74, 6) is 0.252. The zero-order valence-corrected chi connectivity index (χ0v) is 16.5. The summed E-state index contributed by atoms with van der Waals surface area (Å²) >= 11 is 0. The molecule has 0 spiro atoms. The van der Waals surface area contributed by atoms with Gasteiger partial charge in [-0.1, -0.05) is 0 Å². The number of anilines is 1. The molecule has 0 aliphatic heterocycles. The van der Waals surface area contributed by atoms with Crippen LogP contribution in [-0.2, 0) is 6.54 Å². The highest BCUT2D eigenvalue weighted by molar-refractivity contribution is 6.07. The number of hydrogen-bond donors (Lipinski definition) is 1. The third kappa shape index (κ3) is 4.80. The first kappa shape index (κ1) is 20.3. The second-order valence-electron chi connectivity index (χ2n) is 6.78. The van der Waals surface area contributed by atoms with Gasteiger partial charge in [0, 0.05) is 36.5 Å². The fraction of sp³-hybridized carbons (Fsp3) is 0.190. The van der Waals surface area contributed by atoms with Gasteiger partial charge in [-0.15, -0.1) is 0 Å². The number of carbonyl (C=O) groups excluding carboxylic acids is 1. The predicted octanol–water partition coefficient (Wildman–Crippen LogP) is 3.47. The summed E-state index contributed by atoms with van der Waals surface area (Å²) in [6.45, 7) is 1.44. The number of aryl methyl sites for hydroxylation is 1. The number of halogens is 2. The highest BCUT2D eigenvalue weighted by atomic mass is 19.3. The average Bonchev–Trinajstić information content (AvgIpc) is 3.17. The van der Waals surface area contributed by atoms with E-state index in [-0.39, 0.29) is 11.8 Å². The molecule has 4 rings (SSSR count). The van der Waals surface area contributed by atoms with Gasteiger partial charge in [0.1, 0.15) is 5.82 Å². The summed E-state index contributed by atoms with van der Waals surface area (Å²) in [5, 5.41) is 7.98. The Labute approximate surface area is 175 Å². The largest absolute Gasteiger partial charge is 0.471 e. The highest BCUT2D eigenvalue weighted by Crippen LogP contribution is 2.22. The molecule has 4 aromatic rings. The second kappa shape index (κ2) is 8.82. The summed E-state index contributed by atoms with van der Waals surface area (Å²) in [6.07, 6.45) is 5.41. The van der Waals surface area contributed by atoms with Gasteiger partial charge in [-0.2, -0.15) is 5.10 Å². The molecule has 8 nitrogen and oxygen atoms in total. The monoisotopic (exact) mass is 424 g/mol. The smallest absolute Gasteiger partial charge is 0.272 e. The number of carbonyl (C=O) groups is 1. The van der Waals surface area contributed by atoms with Crippen LogP contribution in [0, 0.1) is 6.92 Å². The number of ether oxygens (including phenoxy) is 1. The number of nitrogens with zero attached hydrogens (tertiary/aromatic N) is 5. The van der Waals surface area contributed by atoms with Crippen molar-refractivity contribution in [2.45, 2.75) is 19.9 Å². The molecule has 4 heterocycles. The van der Waals surface area contributed by atoms with E-state index in [1.165, 1.54) is 6.20 Å². The maximum Gasteiger partial charge on any atom is 0.272 e. The quantitative estimate of drug-likeness (QED) is 0.488. The molecule has 0 radical (unpaired) electrons. The molecule has 1 N–H and O–H groups in total. The minimum Gasteiger partial charge on any atom is -0.471 e. The number of hydrogen-bond acceptors (Lipinski definition) is 6. The minimum absolute atomic E-state index is 0.180. The third-order valence-corrected chi connectivity index (χ3v) is 4.41. The Hall–Kier alpha value is -3.95. The summed E-state index contributed by atoms with van der Waals surface area (Å²) in [6, 6.07) is 6.90. The first-order valence-corrected chi connectivity index (χ1v) is 9.39. The molecular weight excluding hydrogens is 406 g/mol. The van der Waals surface area contributed by atoms with E-state index in [2.05, 4.69) is 25.4 Å². The number of aromatic nitrogens is 5. The first-order chi connectivity index (χ1) is 15.0. The SMILES string of the molecule is Cc1cc(Cn2cc3c(NC(=O)c4cccnc4)nccc3n2)cnc1OCC(F)F. The second-order valence-corrected chi connectivity index (χ2v) is 6.78. The van der Waals surface area contributed by atoms with Crippen molar-refractivity contribution < 1.29 is 18.3 Å². The summed E-state index contributed by atoms with van der Waals surface area (Å²) in [7, 11) is 0. The number of amides is 1. The average molecular weight is 424 g/mol. The topological polar surface area (TPSA) is 94.8 Å². The van der Waals surface area contributed by atoms with Crippen LogP contribution in [0.1, 0.15) is 21.5 Å². The van der Waals surface area contributed by atoms with Gasteiger partial charge in [-0.05, 0) is 36.8 Å². The summed E-state index contributed by atoms with van der Waals surface area (Å²) in [5.41, 5.74) is 2.56. The molecule has 0 fully saturated rings. The van der Waals surface area contributed by atoms with Crippen molar-refractivity contribution in [1.82, 2.24) is 24.7 Å². The molecular formula is C21H18F2N6O2. The zero-order chi connectivity index (χ0) is 21.8. The van der Waals surface area contributed by atoms with Crippen LogP contribution in [0.4, 0.5) is 14.6 Å². The Morgan fingerprint density at radius 2 is 2.10 bits per heavy atom. The standard InChI is InChI=1S/C21H18F2N6O2/c1-13-7-14(8-26-21(13)31-12-18(22)23)10-29-11-16-17(28-29)4-6-25-19(16)27-20(30)15-3-2-5-24-9-15/h2-9,11,18H,10,12H2,1H3,(H,25,27,30). The van der Waals surface area contributed by atoms with Crippen LogP contribution in [0.3, 0.4) is 0 Å². The van der Waals surface area contributed by atoms with Crippen molar-refractivity contribution in [3.8, 4) is 5.88 Å². The Morgan fingerprint density at radius 1 is 1.23 bits per heavy atom. The lowest BCUT2D eigenvalue weighted by molar-refractivity contribution is 0.0792. The lowest BCUT2D eigenvalue weighted by Gasteiger charge is -2.09. The molecule has 158 valence electrons. The predicted molar refractivity (Wildman–Crippen MR) is 109 cm³/mol. The van der Waals surface area contributed by atoms with Crippen LogP contribution in [0.15, 0.2) is 55.2 Å². The van der Waals surface area contributed by atoms with Crippen molar-refractivity contribution in [1.29, 1.82) is 0 Å². The number of nitrogens with one attached hydrogen (secondary N) is 1. The number of alkyl halides is 2. The summed E-state index contributed by atoms with van der Waals surface area (Å²) in [4.78, 5) is 24.8. The van der Waals surface area contributed by atoms with Crippen LogP contribution in [0.25, 0.3) is 10.9 Å². The van der Waals surface area contributed by atoms with Crippen LogP contribution >= 0.6 is 0 Å². The fourth-order valence-corrected chi connectivity index (χ4v) is 3.04. The fourth-order valence-electron chi connectivity index (χ4n) is 3.04. The van der Waals surface area contributed by atoms with Crippen LogP contribution in [0.5, 0.6) is 5.88 Å². The van der Waals surface area contributed by atoms with Gasteiger partial charge in [-0.25, -0.2) is 18.7 Å². The maximum atomic E-state index is 12.4. The van der Waals surface area contributed by atoms with Crippen molar-refractivity contribution in [3.05, 3.63) is 71.9 Å². The van der Waals surface area contributed by atoms with Gasteiger partial charge >= 0.3 is 0 Å². The van der Waals surface area contributed by atoms with Crippen molar-refractivity contribution in [2.75, 3.05) is 11.9 Å². The molecule has 0 atom stereocenters. The molecule has 0 unspecified atom stereocenters. The molecule has 0 saturated heterocycles. The Balaban J connectivity index is 1.53. The molecule has 0 aliphatic rings. The van der Waals surface area contributed by atoms with E-state index in [0.29, 0.717) is 34.4 Å². The lowest BCUT2D eigenvalue weighted by Crippen LogP contribution is -2.13. The Bertz CT molecular complexity index is 1210. The molecule has 0 bridgehead atoms.